The summed E-state index contributed by atoms with van der Waals surface area (Å²) in [6, 6.07) is 6.30. The minimum absolute atomic E-state index is 0.0118. The third kappa shape index (κ3) is 4.31. The molecule has 0 unspecified atom stereocenters. The third-order valence-electron chi connectivity index (χ3n) is 7.78. The molecule has 3 aromatic rings. The molecule has 2 fully saturated rings. The zero-order chi connectivity index (χ0) is 26.3. The van der Waals surface area contributed by atoms with Crippen LogP contribution in [0.1, 0.15) is 24.0 Å². The fraction of sp³-hybridized carbons (Fsp3) is 0.429. The van der Waals surface area contributed by atoms with E-state index in [1.165, 1.54) is 6.08 Å². The highest BCUT2D eigenvalue weighted by atomic mass is 16.2. The lowest BCUT2D eigenvalue weighted by atomic mass is 9.79. The van der Waals surface area contributed by atoms with Crippen LogP contribution in [0.25, 0.3) is 22.0 Å². The van der Waals surface area contributed by atoms with Crippen LogP contribution in [0.4, 0.5) is 5.69 Å². The van der Waals surface area contributed by atoms with Crippen molar-refractivity contribution in [3.8, 4) is 17.2 Å². The number of anilines is 1. The number of carbonyl (C=O) groups excluding carboxylic acids is 1. The first-order chi connectivity index (χ1) is 17.8. The summed E-state index contributed by atoms with van der Waals surface area (Å²) in [5.74, 6) is -0.0396. The highest BCUT2D eigenvalue weighted by molar-refractivity contribution is 5.98. The Labute approximate surface area is 216 Å². The number of nitriles is 1. The molecule has 5 rings (SSSR count). The molecule has 1 N–H and O–H groups in total. The number of H-pyrrole nitrogens is 1. The Balaban J connectivity index is 1.61. The van der Waals surface area contributed by atoms with Crippen molar-refractivity contribution in [2.45, 2.75) is 26.3 Å². The molecule has 0 saturated carbocycles. The predicted molar refractivity (Wildman–Crippen MR) is 144 cm³/mol. The van der Waals surface area contributed by atoms with Crippen molar-refractivity contribution in [2.75, 3.05) is 51.7 Å². The summed E-state index contributed by atoms with van der Waals surface area (Å²) in [5.41, 5.74) is 4.00. The lowest BCUT2D eigenvalue weighted by Gasteiger charge is -2.47. The lowest BCUT2D eigenvalue weighted by molar-refractivity contribution is -0.136. The van der Waals surface area contributed by atoms with Gasteiger partial charge in [0.15, 0.2) is 0 Å². The molecule has 2 saturated heterocycles. The summed E-state index contributed by atoms with van der Waals surface area (Å²) < 4.78 is 1.77. The Bertz CT molecular complexity index is 1470. The Morgan fingerprint density at radius 2 is 2.08 bits per heavy atom. The zero-order valence-electron chi connectivity index (χ0n) is 21.8. The number of hydrogen-bond donors (Lipinski definition) is 1. The standard InChI is InChI=1S/C28H33N7O2/c1-5-24(36)35-17-28(18-35)9-12-34(16-28)23-15-33(11-6-10-32(3)4)27(37)26(20(23)13-29)25-19(2)7-8-22-21(25)14-30-31-22/h5,7-8,14-15H,1,6,9-12,16-18H2,2-4H3,(H,30,31). The van der Waals surface area contributed by atoms with Gasteiger partial charge in [-0.05, 0) is 58.1 Å². The van der Waals surface area contributed by atoms with E-state index in [-0.39, 0.29) is 16.9 Å². The highest BCUT2D eigenvalue weighted by Gasteiger charge is 2.49. The van der Waals surface area contributed by atoms with Crippen LogP contribution in [0.3, 0.4) is 0 Å². The molecule has 192 valence electrons. The number of aromatic nitrogens is 3. The maximum atomic E-state index is 14.0. The smallest absolute Gasteiger partial charge is 0.259 e. The van der Waals surface area contributed by atoms with Crippen LogP contribution in [0.15, 0.2) is 42.0 Å². The number of pyridine rings is 1. The van der Waals surface area contributed by atoms with Gasteiger partial charge in [-0.1, -0.05) is 12.6 Å². The van der Waals surface area contributed by atoms with Crippen LogP contribution < -0.4 is 10.5 Å². The van der Waals surface area contributed by atoms with Gasteiger partial charge >= 0.3 is 0 Å². The molecule has 2 aliphatic rings. The first kappa shape index (κ1) is 24.8. The summed E-state index contributed by atoms with van der Waals surface area (Å²) in [4.78, 5) is 32.1. The van der Waals surface area contributed by atoms with Crippen molar-refractivity contribution in [2.24, 2.45) is 5.41 Å². The van der Waals surface area contributed by atoms with E-state index in [1.807, 2.05) is 44.2 Å². The lowest BCUT2D eigenvalue weighted by Crippen LogP contribution is -2.59. The summed E-state index contributed by atoms with van der Waals surface area (Å²) in [6.45, 7) is 9.89. The highest BCUT2D eigenvalue weighted by Crippen LogP contribution is 2.43. The molecule has 9 nitrogen and oxygen atoms in total. The topological polar surface area (TPSA) is 101 Å². The third-order valence-corrected chi connectivity index (χ3v) is 7.78. The van der Waals surface area contributed by atoms with Crippen molar-refractivity contribution < 1.29 is 4.79 Å². The number of hydrogen-bond acceptors (Lipinski definition) is 6. The van der Waals surface area contributed by atoms with Crippen LogP contribution in [0, 0.1) is 23.7 Å². The largest absolute Gasteiger partial charge is 0.369 e. The molecule has 0 aliphatic carbocycles. The number of likely N-dealkylation sites (tertiary alicyclic amines) is 1. The van der Waals surface area contributed by atoms with Gasteiger partial charge in [0.2, 0.25) is 5.91 Å². The SMILES string of the molecule is C=CC(=O)N1CC2(CCN(c3cn(CCCN(C)C)c(=O)c(-c4c(C)ccc5[nH]ncc45)c3C#N)C2)C1. The van der Waals surface area contributed by atoms with E-state index in [0.717, 1.165) is 60.2 Å². The van der Waals surface area contributed by atoms with Crippen LogP contribution in [-0.2, 0) is 11.3 Å². The Hall–Kier alpha value is -3.90. The van der Waals surface area contributed by atoms with E-state index < -0.39 is 0 Å². The average molecular weight is 500 g/mol. The van der Waals surface area contributed by atoms with E-state index in [0.29, 0.717) is 30.8 Å². The number of benzene rings is 1. The van der Waals surface area contributed by atoms with E-state index in [9.17, 15) is 14.9 Å². The molecule has 0 bridgehead atoms. The quantitative estimate of drug-likeness (QED) is 0.502. The monoisotopic (exact) mass is 499 g/mol. The van der Waals surface area contributed by atoms with Crippen molar-refractivity contribution >= 4 is 22.5 Å². The van der Waals surface area contributed by atoms with Crippen LogP contribution >= 0.6 is 0 Å². The van der Waals surface area contributed by atoms with Gasteiger partial charge in [-0.15, -0.1) is 0 Å². The number of amides is 1. The van der Waals surface area contributed by atoms with E-state index >= 15 is 0 Å². The van der Waals surface area contributed by atoms with E-state index in [1.54, 1.807) is 10.8 Å². The second-order valence-electron chi connectivity index (χ2n) is 10.7. The fourth-order valence-corrected chi connectivity index (χ4v) is 5.86. The minimum atomic E-state index is -0.156. The molecule has 4 heterocycles. The Morgan fingerprint density at radius 1 is 1.30 bits per heavy atom. The number of rotatable bonds is 7. The van der Waals surface area contributed by atoms with Crippen molar-refractivity contribution in [3.05, 3.63) is 58.7 Å². The van der Waals surface area contributed by atoms with Gasteiger partial charge in [-0.2, -0.15) is 10.4 Å². The van der Waals surface area contributed by atoms with Crippen LogP contribution in [0.5, 0.6) is 0 Å². The molecule has 0 atom stereocenters. The summed E-state index contributed by atoms with van der Waals surface area (Å²) in [6.07, 6.45) is 6.71. The summed E-state index contributed by atoms with van der Waals surface area (Å²) in [5, 5.41) is 18.5. The molecular weight excluding hydrogens is 466 g/mol. The van der Waals surface area contributed by atoms with Crippen molar-refractivity contribution in [3.63, 3.8) is 0 Å². The van der Waals surface area contributed by atoms with Gasteiger partial charge in [0.1, 0.15) is 6.07 Å². The van der Waals surface area contributed by atoms with E-state index in [2.05, 4.69) is 32.6 Å². The number of aromatic amines is 1. The maximum Gasteiger partial charge on any atom is 0.259 e. The fourth-order valence-electron chi connectivity index (χ4n) is 5.86. The Morgan fingerprint density at radius 3 is 2.78 bits per heavy atom. The minimum Gasteiger partial charge on any atom is -0.369 e. The molecule has 0 radical (unpaired) electrons. The zero-order valence-corrected chi connectivity index (χ0v) is 21.8. The van der Waals surface area contributed by atoms with Gasteiger partial charge in [-0.3, -0.25) is 14.7 Å². The number of nitrogens with zero attached hydrogens (tertiary/aromatic N) is 6. The van der Waals surface area contributed by atoms with E-state index in [4.69, 9.17) is 0 Å². The number of nitrogens with one attached hydrogen (secondary N) is 1. The molecule has 1 amide bonds. The van der Waals surface area contributed by atoms with Gasteiger partial charge in [-0.25, -0.2) is 0 Å². The molecule has 37 heavy (non-hydrogen) atoms. The normalized spacial score (nSPS) is 16.4. The summed E-state index contributed by atoms with van der Waals surface area (Å²) >= 11 is 0. The molecule has 9 heteroatoms. The second kappa shape index (κ2) is 9.52. The number of fused-ring (bicyclic) bond motifs is 1. The number of carbonyl (C=O) groups is 1. The molecular formula is C28H33N7O2. The Kier molecular flexibility index (Phi) is 6.38. The first-order valence-corrected chi connectivity index (χ1v) is 12.7. The van der Waals surface area contributed by atoms with Gasteiger partial charge in [0, 0.05) is 55.3 Å². The number of aryl methyl sites for hydroxylation is 2. The van der Waals surface area contributed by atoms with Crippen molar-refractivity contribution in [1.82, 2.24) is 24.6 Å². The molecule has 2 aliphatic heterocycles. The summed E-state index contributed by atoms with van der Waals surface area (Å²) in [7, 11) is 4.04. The maximum absolute atomic E-state index is 14.0. The van der Waals surface area contributed by atoms with Crippen LogP contribution in [0.2, 0.25) is 0 Å². The van der Waals surface area contributed by atoms with Crippen molar-refractivity contribution in [1.29, 1.82) is 5.26 Å². The van der Waals surface area contributed by atoms with Gasteiger partial charge < -0.3 is 19.3 Å². The molecule has 1 aromatic carbocycles. The molecule has 2 aromatic heterocycles. The second-order valence-corrected chi connectivity index (χ2v) is 10.7. The van der Waals surface area contributed by atoms with Gasteiger partial charge in [0.05, 0.1) is 28.5 Å². The van der Waals surface area contributed by atoms with Crippen LogP contribution in [-0.4, -0.2) is 77.3 Å². The van der Waals surface area contributed by atoms with Gasteiger partial charge in [0.25, 0.3) is 5.56 Å². The first-order valence-electron chi connectivity index (χ1n) is 12.7. The average Bonchev–Trinajstić information content (AvgIpc) is 3.51. The predicted octanol–water partition coefficient (Wildman–Crippen LogP) is 2.75. The molecule has 1 spiro atoms.